The number of halogens is 1. The minimum atomic E-state index is -0.144. The summed E-state index contributed by atoms with van der Waals surface area (Å²) < 4.78 is 2.85. The van der Waals surface area contributed by atoms with E-state index in [4.69, 9.17) is 11.6 Å². The SMILES string of the molecule is CCCCn1nc(C)c(C(=O)N(C)[C@H](C)c2nc3ccccc3s2)c1Cl. The van der Waals surface area contributed by atoms with Crippen molar-refractivity contribution in [1.82, 2.24) is 19.7 Å². The van der Waals surface area contributed by atoms with E-state index in [1.165, 1.54) is 0 Å². The summed E-state index contributed by atoms with van der Waals surface area (Å²) in [6, 6.07) is 7.86. The van der Waals surface area contributed by atoms with E-state index in [0.29, 0.717) is 16.4 Å². The van der Waals surface area contributed by atoms with Crippen LogP contribution in [0.4, 0.5) is 0 Å². The largest absolute Gasteiger partial charge is 0.332 e. The minimum absolute atomic E-state index is 0.123. The molecule has 3 aromatic rings. The molecule has 1 amide bonds. The first kappa shape index (κ1) is 18.9. The van der Waals surface area contributed by atoms with Gasteiger partial charge in [-0.3, -0.25) is 9.48 Å². The van der Waals surface area contributed by atoms with Crippen LogP contribution in [-0.2, 0) is 6.54 Å². The van der Waals surface area contributed by atoms with Crippen molar-refractivity contribution in [2.75, 3.05) is 7.05 Å². The fourth-order valence-corrected chi connectivity index (χ4v) is 4.24. The monoisotopic (exact) mass is 390 g/mol. The molecular formula is C19H23ClN4OS. The second kappa shape index (κ2) is 7.76. The summed E-state index contributed by atoms with van der Waals surface area (Å²) in [6.07, 6.45) is 2.03. The van der Waals surface area contributed by atoms with Gasteiger partial charge in [0, 0.05) is 13.6 Å². The number of benzene rings is 1. The summed E-state index contributed by atoms with van der Waals surface area (Å²) >= 11 is 8.07. The Morgan fingerprint density at radius 1 is 1.38 bits per heavy atom. The number of hydrogen-bond donors (Lipinski definition) is 0. The van der Waals surface area contributed by atoms with Crippen LogP contribution in [0.3, 0.4) is 0 Å². The molecule has 2 heterocycles. The Morgan fingerprint density at radius 2 is 2.12 bits per heavy atom. The molecule has 2 aromatic heterocycles. The van der Waals surface area contributed by atoms with E-state index in [1.807, 2.05) is 38.1 Å². The fraction of sp³-hybridized carbons (Fsp3) is 0.421. The predicted octanol–water partition coefficient (Wildman–Crippen LogP) is 5.09. The fourth-order valence-electron chi connectivity index (χ4n) is 2.84. The quantitative estimate of drug-likeness (QED) is 0.589. The molecule has 0 aliphatic heterocycles. The lowest BCUT2D eigenvalue weighted by atomic mass is 10.2. The number of carbonyl (C=O) groups is 1. The number of unbranched alkanes of at least 4 members (excludes halogenated alkanes) is 1. The molecule has 26 heavy (non-hydrogen) atoms. The van der Waals surface area contributed by atoms with E-state index in [9.17, 15) is 4.79 Å². The Bertz CT molecular complexity index is 900. The van der Waals surface area contributed by atoms with Crippen molar-refractivity contribution >= 4 is 39.1 Å². The number of carbonyl (C=O) groups excluding carboxylic acids is 1. The molecule has 0 radical (unpaired) electrons. The lowest BCUT2D eigenvalue weighted by Crippen LogP contribution is -2.30. The van der Waals surface area contributed by atoms with Crippen molar-refractivity contribution in [3.63, 3.8) is 0 Å². The van der Waals surface area contributed by atoms with E-state index in [1.54, 1.807) is 28.0 Å². The van der Waals surface area contributed by atoms with E-state index in [0.717, 1.165) is 34.6 Å². The van der Waals surface area contributed by atoms with Gasteiger partial charge in [0.2, 0.25) is 0 Å². The second-order valence-electron chi connectivity index (χ2n) is 6.44. The molecule has 0 spiro atoms. The van der Waals surface area contributed by atoms with Crippen LogP contribution in [-0.4, -0.2) is 32.6 Å². The summed E-state index contributed by atoms with van der Waals surface area (Å²) in [4.78, 5) is 19.4. The molecule has 0 aliphatic rings. The number of aryl methyl sites for hydroxylation is 2. The van der Waals surface area contributed by atoms with Crippen LogP contribution in [0.5, 0.6) is 0 Å². The Kier molecular flexibility index (Phi) is 5.63. The van der Waals surface area contributed by atoms with E-state index >= 15 is 0 Å². The van der Waals surface area contributed by atoms with Gasteiger partial charge in [0.15, 0.2) is 0 Å². The summed E-state index contributed by atoms with van der Waals surface area (Å²) in [5.74, 6) is -0.123. The lowest BCUT2D eigenvalue weighted by molar-refractivity contribution is 0.0742. The number of para-hydroxylation sites is 1. The average Bonchev–Trinajstić information content (AvgIpc) is 3.19. The van der Waals surface area contributed by atoms with Gasteiger partial charge < -0.3 is 4.90 Å². The minimum Gasteiger partial charge on any atom is -0.332 e. The van der Waals surface area contributed by atoms with Crippen LogP contribution in [0.25, 0.3) is 10.2 Å². The van der Waals surface area contributed by atoms with Gasteiger partial charge >= 0.3 is 0 Å². The molecule has 1 aromatic carbocycles. The molecule has 7 heteroatoms. The highest BCUT2D eigenvalue weighted by molar-refractivity contribution is 7.18. The third-order valence-electron chi connectivity index (χ3n) is 4.57. The van der Waals surface area contributed by atoms with Crippen LogP contribution in [0, 0.1) is 6.92 Å². The molecule has 1 atom stereocenters. The zero-order valence-corrected chi connectivity index (χ0v) is 17.1. The van der Waals surface area contributed by atoms with Gasteiger partial charge in [-0.2, -0.15) is 5.10 Å². The Morgan fingerprint density at radius 3 is 2.81 bits per heavy atom. The first-order valence-corrected chi connectivity index (χ1v) is 9.99. The number of thiazole rings is 1. The number of amides is 1. The highest BCUT2D eigenvalue weighted by Gasteiger charge is 2.27. The van der Waals surface area contributed by atoms with Gasteiger partial charge in [0.05, 0.1) is 27.5 Å². The molecule has 5 nitrogen and oxygen atoms in total. The lowest BCUT2D eigenvalue weighted by Gasteiger charge is -2.23. The molecule has 138 valence electrons. The highest BCUT2D eigenvalue weighted by atomic mass is 35.5. The van der Waals surface area contributed by atoms with Crippen molar-refractivity contribution in [3.8, 4) is 0 Å². The number of rotatable bonds is 6. The van der Waals surface area contributed by atoms with Gasteiger partial charge in [-0.25, -0.2) is 4.98 Å². The van der Waals surface area contributed by atoms with Gasteiger partial charge in [0.25, 0.3) is 5.91 Å². The Hall–Kier alpha value is -1.92. The Balaban J connectivity index is 1.86. The van der Waals surface area contributed by atoms with Gasteiger partial charge in [-0.1, -0.05) is 37.1 Å². The summed E-state index contributed by atoms with van der Waals surface area (Å²) in [5, 5.41) is 5.77. The van der Waals surface area contributed by atoms with Crippen LogP contribution in [0.1, 0.15) is 53.8 Å². The second-order valence-corrected chi connectivity index (χ2v) is 7.86. The van der Waals surface area contributed by atoms with Crippen molar-refractivity contribution in [1.29, 1.82) is 0 Å². The standard InChI is InChI=1S/C19H23ClN4OS/c1-5-6-11-24-17(20)16(12(2)22-24)19(25)23(4)13(3)18-21-14-9-7-8-10-15(14)26-18/h7-10,13H,5-6,11H2,1-4H3/t13-/m1/s1. The van der Waals surface area contributed by atoms with Crippen molar-refractivity contribution in [3.05, 3.63) is 45.7 Å². The molecule has 0 aliphatic carbocycles. The third-order valence-corrected chi connectivity index (χ3v) is 6.16. The molecule has 0 saturated carbocycles. The van der Waals surface area contributed by atoms with E-state index in [-0.39, 0.29) is 11.9 Å². The summed E-state index contributed by atoms with van der Waals surface area (Å²) in [7, 11) is 1.79. The Labute approximate surface area is 162 Å². The molecule has 0 N–H and O–H groups in total. The topological polar surface area (TPSA) is 51.0 Å². The van der Waals surface area contributed by atoms with Gasteiger partial charge in [-0.05, 0) is 32.4 Å². The molecular weight excluding hydrogens is 368 g/mol. The first-order chi connectivity index (χ1) is 12.4. The number of fused-ring (bicyclic) bond motifs is 1. The van der Waals surface area contributed by atoms with Gasteiger partial charge in [-0.15, -0.1) is 11.3 Å². The van der Waals surface area contributed by atoms with E-state index < -0.39 is 0 Å². The maximum atomic E-state index is 13.1. The first-order valence-electron chi connectivity index (χ1n) is 8.79. The maximum Gasteiger partial charge on any atom is 0.259 e. The predicted molar refractivity (Wildman–Crippen MR) is 107 cm³/mol. The maximum absolute atomic E-state index is 13.1. The average molecular weight is 391 g/mol. The smallest absolute Gasteiger partial charge is 0.259 e. The van der Waals surface area contributed by atoms with Crippen LogP contribution in [0.2, 0.25) is 5.15 Å². The summed E-state index contributed by atoms with van der Waals surface area (Å²) in [5.41, 5.74) is 2.11. The molecule has 0 bridgehead atoms. The van der Waals surface area contributed by atoms with Crippen LogP contribution < -0.4 is 0 Å². The third kappa shape index (κ3) is 3.48. The molecule has 0 saturated heterocycles. The number of hydrogen-bond acceptors (Lipinski definition) is 4. The van der Waals surface area contributed by atoms with Crippen LogP contribution in [0.15, 0.2) is 24.3 Å². The van der Waals surface area contributed by atoms with E-state index in [2.05, 4.69) is 17.0 Å². The van der Waals surface area contributed by atoms with Gasteiger partial charge in [0.1, 0.15) is 10.2 Å². The highest BCUT2D eigenvalue weighted by Crippen LogP contribution is 2.31. The molecule has 0 fully saturated rings. The molecule has 0 unspecified atom stereocenters. The van der Waals surface area contributed by atoms with Crippen molar-refractivity contribution in [2.24, 2.45) is 0 Å². The number of aromatic nitrogens is 3. The zero-order chi connectivity index (χ0) is 18.8. The van der Waals surface area contributed by atoms with Crippen molar-refractivity contribution in [2.45, 2.75) is 46.2 Å². The normalized spacial score (nSPS) is 12.5. The zero-order valence-electron chi connectivity index (χ0n) is 15.5. The van der Waals surface area contributed by atoms with Crippen molar-refractivity contribution < 1.29 is 4.79 Å². The molecule has 3 rings (SSSR count). The number of nitrogens with zero attached hydrogens (tertiary/aromatic N) is 4. The summed E-state index contributed by atoms with van der Waals surface area (Å²) in [6.45, 7) is 6.66. The van der Waals surface area contributed by atoms with Crippen LogP contribution >= 0.6 is 22.9 Å².